The average Bonchev–Trinajstić information content (AvgIpc) is 2.38. The number of para-hydroxylation sites is 1. The van der Waals surface area contributed by atoms with Crippen LogP contribution in [0.4, 0.5) is 11.4 Å². The number of carbonyl (C=O) groups is 1. The second-order valence-corrected chi connectivity index (χ2v) is 4.97. The summed E-state index contributed by atoms with van der Waals surface area (Å²) in [6.07, 6.45) is 0. The zero-order chi connectivity index (χ0) is 14.0. The van der Waals surface area contributed by atoms with E-state index in [1.165, 1.54) is 12.5 Å². The zero-order valence-corrected chi connectivity index (χ0v) is 12.0. The molecule has 0 atom stereocenters. The van der Waals surface area contributed by atoms with E-state index < -0.39 is 0 Å². The molecule has 0 radical (unpaired) electrons. The molecule has 0 aliphatic heterocycles. The summed E-state index contributed by atoms with van der Waals surface area (Å²) in [6.45, 7) is 3.59. The van der Waals surface area contributed by atoms with Crippen LogP contribution in [0.5, 0.6) is 0 Å². The number of anilines is 2. The molecular formula is C16H16ClNO. The van der Waals surface area contributed by atoms with E-state index in [0.717, 1.165) is 11.4 Å². The molecule has 2 aromatic carbocycles. The molecule has 98 valence electrons. The van der Waals surface area contributed by atoms with Gasteiger partial charge in [-0.3, -0.25) is 4.79 Å². The molecule has 0 aliphatic rings. The maximum atomic E-state index is 11.4. The molecule has 0 fully saturated rings. The van der Waals surface area contributed by atoms with Crippen LogP contribution < -0.4 is 4.90 Å². The minimum atomic E-state index is -0.0184. The van der Waals surface area contributed by atoms with E-state index >= 15 is 0 Å². The van der Waals surface area contributed by atoms with Crippen molar-refractivity contribution in [2.24, 2.45) is 0 Å². The molecule has 0 saturated heterocycles. The Balaban J connectivity index is 2.40. The van der Waals surface area contributed by atoms with Gasteiger partial charge < -0.3 is 4.90 Å². The highest BCUT2D eigenvalue weighted by molar-refractivity contribution is 6.34. The van der Waals surface area contributed by atoms with Crippen molar-refractivity contribution in [1.29, 1.82) is 0 Å². The number of ketones is 1. The molecule has 0 saturated carbocycles. The Morgan fingerprint density at radius 1 is 1.16 bits per heavy atom. The second-order valence-electron chi connectivity index (χ2n) is 4.57. The van der Waals surface area contributed by atoms with Gasteiger partial charge in [-0.2, -0.15) is 0 Å². The van der Waals surface area contributed by atoms with E-state index in [1.807, 2.05) is 31.3 Å². The molecule has 0 heterocycles. The molecule has 0 aliphatic carbocycles. The maximum Gasteiger partial charge on any atom is 0.161 e. The Labute approximate surface area is 118 Å². The number of rotatable bonds is 3. The monoisotopic (exact) mass is 273 g/mol. The first-order valence-electron chi connectivity index (χ1n) is 6.10. The van der Waals surface area contributed by atoms with Gasteiger partial charge in [0.1, 0.15) is 0 Å². The van der Waals surface area contributed by atoms with Crippen LogP contribution in [-0.4, -0.2) is 12.8 Å². The minimum Gasteiger partial charge on any atom is -0.344 e. The third-order valence-electron chi connectivity index (χ3n) is 3.20. The van der Waals surface area contributed by atoms with Gasteiger partial charge in [0.2, 0.25) is 0 Å². The van der Waals surface area contributed by atoms with Crippen molar-refractivity contribution < 1.29 is 4.79 Å². The lowest BCUT2D eigenvalue weighted by Gasteiger charge is -2.22. The van der Waals surface area contributed by atoms with Crippen LogP contribution in [0.3, 0.4) is 0 Å². The zero-order valence-electron chi connectivity index (χ0n) is 11.3. The summed E-state index contributed by atoms with van der Waals surface area (Å²) >= 11 is 6.15. The lowest BCUT2D eigenvalue weighted by Crippen LogP contribution is -2.11. The predicted octanol–water partition coefficient (Wildman–Crippen LogP) is 4.62. The van der Waals surface area contributed by atoms with Crippen LogP contribution in [-0.2, 0) is 0 Å². The summed E-state index contributed by atoms with van der Waals surface area (Å²) in [4.78, 5) is 13.4. The SMILES string of the molecule is CC(=O)c1ccc(N(C)c2ccccc2C)cc1Cl. The van der Waals surface area contributed by atoms with E-state index in [1.54, 1.807) is 6.07 Å². The van der Waals surface area contributed by atoms with E-state index in [-0.39, 0.29) is 5.78 Å². The van der Waals surface area contributed by atoms with Crippen LogP contribution in [0, 0.1) is 6.92 Å². The van der Waals surface area contributed by atoms with Gasteiger partial charge in [-0.1, -0.05) is 29.8 Å². The molecular weight excluding hydrogens is 258 g/mol. The summed E-state index contributed by atoms with van der Waals surface area (Å²) in [5, 5.41) is 0.491. The third-order valence-corrected chi connectivity index (χ3v) is 3.51. The predicted molar refractivity (Wildman–Crippen MR) is 80.7 cm³/mol. The van der Waals surface area contributed by atoms with Crippen molar-refractivity contribution in [1.82, 2.24) is 0 Å². The smallest absolute Gasteiger partial charge is 0.161 e. The van der Waals surface area contributed by atoms with Crippen LogP contribution in [0.25, 0.3) is 0 Å². The quantitative estimate of drug-likeness (QED) is 0.761. The number of Topliss-reactive ketones (excluding diaryl/α,β-unsaturated/α-hetero) is 1. The van der Waals surface area contributed by atoms with Gasteiger partial charge in [0.15, 0.2) is 5.78 Å². The first kappa shape index (κ1) is 13.6. The Bertz CT molecular complexity index is 622. The summed E-state index contributed by atoms with van der Waals surface area (Å²) in [6, 6.07) is 13.6. The van der Waals surface area contributed by atoms with Crippen LogP contribution >= 0.6 is 11.6 Å². The van der Waals surface area contributed by atoms with Crippen molar-refractivity contribution in [2.75, 3.05) is 11.9 Å². The molecule has 3 heteroatoms. The Morgan fingerprint density at radius 2 is 1.84 bits per heavy atom. The van der Waals surface area contributed by atoms with Crippen LogP contribution in [0.2, 0.25) is 5.02 Å². The minimum absolute atomic E-state index is 0.0184. The fourth-order valence-electron chi connectivity index (χ4n) is 2.08. The van der Waals surface area contributed by atoms with Crippen LogP contribution in [0.15, 0.2) is 42.5 Å². The highest BCUT2D eigenvalue weighted by Crippen LogP contribution is 2.30. The van der Waals surface area contributed by atoms with Gasteiger partial charge >= 0.3 is 0 Å². The van der Waals surface area contributed by atoms with Gasteiger partial charge in [-0.05, 0) is 43.7 Å². The number of aryl methyl sites for hydroxylation is 1. The largest absolute Gasteiger partial charge is 0.344 e. The fourth-order valence-corrected chi connectivity index (χ4v) is 2.38. The van der Waals surface area contributed by atoms with E-state index in [4.69, 9.17) is 11.6 Å². The van der Waals surface area contributed by atoms with Crippen molar-refractivity contribution in [3.63, 3.8) is 0 Å². The molecule has 0 amide bonds. The topological polar surface area (TPSA) is 20.3 Å². The van der Waals surface area contributed by atoms with Gasteiger partial charge in [0.05, 0.1) is 5.02 Å². The number of carbonyl (C=O) groups excluding carboxylic acids is 1. The molecule has 0 spiro atoms. The molecule has 0 unspecified atom stereocenters. The van der Waals surface area contributed by atoms with Gasteiger partial charge in [0, 0.05) is 24.0 Å². The molecule has 2 rings (SSSR count). The average molecular weight is 274 g/mol. The van der Waals surface area contributed by atoms with Crippen molar-refractivity contribution >= 4 is 28.8 Å². The number of halogens is 1. The lowest BCUT2D eigenvalue weighted by molar-refractivity contribution is 0.101. The Hall–Kier alpha value is -1.80. The number of benzene rings is 2. The number of hydrogen-bond acceptors (Lipinski definition) is 2. The van der Waals surface area contributed by atoms with E-state index in [2.05, 4.69) is 24.0 Å². The fraction of sp³-hybridized carbons (Fsp3) is 0.188. The molecule has 2 aromatic rings. The summed E-state index contributed by atoms with van der Waals surface area (Å²) in [5.74, 6) is -0.0184. The normalized spacial score (nSPS) is 10.3. The van der Waals surface area contributed by atoms with Crippen molar-refractivity contribution in [2.45, 2.75) is 13.8 Å². The first-order chi connectivity index (χ1) is 9.00. The van der Waals surface area contributed by atoms with Crippen molar-refractivity contribution in [3.8, 4) is 0 Å². The van der Waals surface area contributed by atoms with Gasteiger partial charge in [-0.15, -0.1) is 0 Å². The Kier molecular flexibility index (Phi) is 3.91. The molecule has 0 N–H and O–H groups in total. The summed E-state index contributed by atoms with van der Waals surface area (Å²) in [5.41, 5.74) is 3.83. The second kappa shape index (κ2) is 5.45. The van der Waals surface area contributed by atoms with Gasteiger partial charge in [-0.25, -0.2) is 0 Å². The van der Waals surface area contributed by atoms with Gasteiger partial charge in [0.25, 0.3) is 0 Å². The third kappa shape index (κ3) is 2.79. The summed E-state index contributed by atoms with van der Waals surface area (Å²) < 4.78 is 0. The molecule has 19 heavy (non-hydrogen) atoms. The molecule has 0 aromatic heterocycles. The maximum absolute atomic E-state index is 11.4. The van der Waals surface area contributed by atoms with Crippen LogP contribution in [0.1, 0.15) is 22.8 Å². The highest BCUT2D eigenvalue weighted by atomic mass is 35.5. The summed E-state index contributed by atoms with van der Waals surface area (Å²) in [7, 11) is 1.99. The molecule has 2 nitrogen and oxygen atoms in total. The Morgan fingerprint density at radius 3 is 2.42 bits per heavy atom. The lowest BCUT2D eigenvalue weighted by atomic mass is 10.1. The standard InChI is InChI=1S/C16H16ClNO/c1-11-6-4-5-7-16(11)18(3)13-8-9-14(12(2)19)15(17)10-13/h4-10H,1-3H3. The number of hydrogen-bond donors (Lipinski definition) is 0. The van der Waals surface area contributed by atoms with E-state index in [0.29, 0.717) is 10.6 Å². The van der Waals surface area contributed by atoms with E-state index in [9.17, 15) is 4.79 Å². The first-order valence-corrected chi connectivity index (χ1v) is 6.48. The van der Waals surface area contributed by atoms with Crippen molar-refractivity contribution in [3.05, 3.63) is 58.6 Å². The highest BCUT2D eigenvalue weighted by Gasteiger charge is 2.10. The number of nitrogens with zero attached hydrogens (tertiary/aromatic N) is 1. The molecule has 0 bridgehead atoms.